The molecule has 2 N–H and O–H groups in total. The maximum absolute atomic E-state index is 11.6. The second-order valence-electron chi connectivity index (χ2n) is 5.58. The van der Waals surface area contributed by atoms with Crippen LogP contribution in [0, 0.1) is 0 Å². The highest BCUT2D eigenvalue weighted by Crippen LogP contribution is 2.24. The number of carbonyl (C=O) groups is 2. The van der Waals surface area contributed by atoms with E-state index in [4.69, 9.17) is 5.11 Å². The minimum Gasteiger partial charge on any atom is -0.481 e. The van der Waals surface area contributed by atoms with Crippen molar-refractivity contribution >= 4 is 17.6 Å². The molecule has 0 aliphatic rings. The average molecular weight is 313 g/mol. The number of nitrogens with zero attached hydrogens (tertiary/aromatic N) is 1. The van der Waals surface area contributed by atoms with Crippen molar-refractivity contribution in [3.8, 4) is 0 Å². The first-order chi connectivity index (χ1) is 10.9. The van der Waals surface area contributed by atoms with Gasteiger partial charge in [-0.25, -0.2) is 4.79 Å². The number of carboxylic acids is 2. The highest BCUT2D eigenvalue weighted by atomic mass is 16.4. The van der Waals surface area contributed by atoms with E-state index in [1.807, 2.05) is 43.3 Å². The summed E-state index contributed by atoms with van der Waals surface area (Å²) in [6.45, 7) is 0. The van der Waals surface area contributed by atoms with E-state index in [1.54, 1.807) is 12.1 Å². The Balaban J connectivity index is 2.21. The molecule has 5 heteroatoms. The first-order valence-electron chi connectivity index (χ1n) is 7.21. The molecule has 23 heavy (non-hydrogen) atoms. The second kappa shape index (κ2) is 6.96. The number of anilines is 1. The van der Waals surface area contributed by atoms with Crippen LogP contribution in [0.25, 0.3) is 0 Å². The number of aromatic carboxylic acids is 1. The number of rotatable bonds is 6. The molecular formula is C18H19NO4. The van der Waals surface area contributed by atoms with Crippen LogP contribution in [0.5, 0.6) is 0 Å². The third kappa shape index (κ3) is 4.10. The van der Waals surface area contributed by atoms with E-state index in [1.165, 1.54) is 12.1 Å². The molecule has 0 saturated heterocycles. The van der Waals surface area contributed by atoms with Crippen LogP contribution in [0.1, 0.15) is 27.4 Å². The Labute approximate surface area is 134 Å². The Hall–Kier alpha value is -2.82. The van der Waals surface area contributed by atoms with E-state index in [2.05, 4.69) is 0 Å². The topological polar surface area (TPSA) is 77.8 Å². The van der Waals surface area contributed by atoms with Crippen molar-refractivity contribution in [2.24, 2.45) is 0 Å². The first-order valence-corrected chi connectivity index (χ1v) is 7.21. The monoisotopic (exact) mass is 313 g/mol. The lowest BCUT2D eigenvalue weighted by atomic mass is 9.91. The van der Waals surface area contributed by atoms with E-state index in [9.17, 15) is 14.7 Å². The van der Waals surface area contributed by atoms with Crippen molar-refractivity contribution in [3.05, 3.63) is 65.2 Å². The van der Waals surface area contributed by atoms with E-state index in [0.29, 0.717) is 6.42 Å². The van der Waals surface area contributed by atoms with Gasteiger partial charge in [0, 0.05) is 19.8 Å². The highest BCUT2D eigenvalue weighted by Gasteiger charge is 2.20. The molecule has 0 aromatic heterocycles. The van der Waals surface area contributed by atoms with Crippen molar-refractivity contribution in [1.82, 2.24) is 0 Å². The van der Waals surface area contributed by atoms with Crippen molar-refractivity contribution in [1.29, 1.82) is 0 Å². The van der Waals surface area contributed by atoms with Gasteiger partial charge in [0.2, 0.25) is 0 Å². The minimum absolute atomic E-state index is 0.191. The number of benzene rings is 2. The fraction of sp³-hybridized carbons (Fsp3) is 0.222. The molecule has 2 aromatic carbocycles. The van der Waals surface area contributed by atoms with E-state index in [-0.39, 0.29) is 5.56 Å². The predicted molar refractivity (Wildman–Crippen MR) is 88.3 cm³/mol. The molecule has 5 nitrogen and oxygen atoms in total. The van der Waals surface area contributed by atoms with Gasteiger partial charge in [0.15, 0.2) is 0 Å². The summed E-state index contributed by atoms with van der Waals surface area (Å²) in [5, 5.41) is 18.4. The van der Waals surface area contributed by atoms with Gasteiger partial charge < -0.3 is 15.1 Å². The number of aliphatic carboxylic acids is 1. The van der Waals surface area contributed by atoms with Gasteiger partial charge in [-0.15, -0.1) is 0 Å². The number of hydrogen-bond donors (Lipinski definition) is 2. The van der Waals surface area contributed by atoms with Gasteiger partial charge in [0.05, 0.1) is 11.5 Å². The van der Waals surface area contributed by atoms with Crippen LogP contribution < -0.4 is 4.90 Å². The van der Waals surface area contributed by atoms with E-state index < -0.39 is 17.9 Å². The highest BCUT2D eigenvalue weighted by molar-refractivity contribution is 5.87. The van der Waals surface area contributed by atoms with Crippen LogP contribution in [0.3, 0.4) is 0 Å². The first kappa shape index (κ1) is 16.5. The van der Waals surface area contributed by atoms with E-state index >= 15 is 0 Å². The maximum atomic E-state index is 11.6. The van der Waals surface area contributed by atoms with Gasteiger partial charge in [0.25, 0.3) is 0 Å². The summed E-state index contributed by atoms with van der Waals surface area (Å²) in [4.78, 5) is 24.4. The zero-order valence-corrected chi connectivity index (χ0v) is 13.1. The zero-order valence-electron chi connectivity index (χ0n) is 13.1. The summed E-state index contributed by atoms with van der Waals surface area (Å²) in [7, 11) is 3.85. The van der Waals surface area contributed by atoms with Gasteiger partial charge in [-0.05, 0) is 41.8 Å². The summed E-state index contributed by atoms with van der Waals surface area (Å²) in [5.74, 6) is -2.56. The van der Waals surface area contributed by atoms with Crippen LogP contribution in [0.2, 0.25) is 0 Å². The Morgan fingerprint density at radius 2 is 1.52 bits per heavy atom. The summed E-state index contributed by atoms with van der Waals surface area (Å²) in [6, 6.07) is 13.7. The fourth-order valence-corrected chi connectivity index (χ4v) is 2.37. The molecule has 1 atom stereocenters. The normalized spacial score (nSPS) is 11.7. The molecule has 2 aromatic rings. The lowest BCUT2D eigenvalue weighted by molar-refractivity contribution is -0.138. The second-order valence-corrected chi connectivity index (χ2v) is 5.58. The number of hydrogen-bond acceptors (Lipinski definition) is 3. The van der Waals surface area contributed by atoms with Crippen molar-refractivity contribution in [2.45, 2.75) is 12.3 Å². The van der Waals surface area contributed by atoms with E-state index in [0.717, 1.165) is 16.8 Å². The van der Waals surface area contributed by atoms with Crippen LogP contribution in [0.15, 0.2) is 48.5 Å². The quantitative estimate of drug-likeness (QED) is 0.857. The smallest absolute Gasteiger partial charge is 0.335 e. The predicted octanol–water partition coefficient (Wildman–Crippen LogP) is 2.86. The molecule has 0 bridgehead atoms. The Kier molecular flexibility index (Phi) is 5.01. The van der Waals surface area contributed by atoms with Gasteiger partial charge in [0.1, 0.15) is 0 Å². The minimum atomic E-state index is -0.995. The summed E-state index contributed by atoms with van der Waals surface area (Å²) in [5.41, 5.74) is 2.71. The lowest BCUT2D eigenvalue weighted by Gasteiger charge is -2.16. The maximum Gasteiger partial charge on any atom is 0.335 e. The van der Waals surface area contributed by atoms with Gasteiger partial charge >= 0.3 is 11.9 Å². The summed E-state index contributed by atoms with van der Waals surface area (Å²) in [6.07, 6.45) is 0.316. The third-order valence-electron chi connectivity index (χ3n) is 3.75. The Morgan fingerprint density at radius 1 is 0.957 bits per heavy atom. The molecular weight excluding hydrogens is 294 g/mol. The molecule has 0 amide bonds. The standard InChI is InChI=1S/C18H19NO4/c1-19(2)15-9-7-13(8-10-15)16(18(22)23)11-12-3-5-14(6-4-12)17(20)21/h3-10,16H,11H2,1-2H3,(H,20,21)(H,22,23). The average Bonchev–Trinajstić information content (AvgIpc) is 2.53. The Bertz CT molecular complexity index is 690. The zero-order chi connectivity index (χ0) is 17.0. The Morgan fingerprint density at radius 3 is 1.96 bits per heavy atom. The molecule has 0 heterocycles. The van der Waals surface area contributed by atoms with Crippen LogP contribution in [-0.4, -0.2) is 36.2 Å². The fourth-order valence-electron chi connectivity index (χ4n) is 2.37. The summed E-state index contributed by atoms with van der Waals surface area (Å²) < 4.78 is 0. The SMILES string of the molecule is CN(C)c1ccc(C(Cc2ccc(C(=O)O)cc2)C(=O)O)cc1. The van der Waals surface area contributed by atoms with Crippen molar-refractivity contribution in [2.75, 3.05) is 19.0 Å². The largest absolute Gasteiger partial charge is 0.481 e. The van der Waals surface area contributed by atoms with Gasteiger partial charge in [-0.3, -0.25) is 4.79 Å². The summed E-state index contributed by atoms with van der Waals surface area (Å²) >= 11 is 0. The lowest BCUT2D eigenvalue weighted by Crippen LogP contribution is -2.15. The molecule has 120 valence electrons. The molecule has 1 unspecified atom stereocenters. The van der Waals surface area contributed by atoms with Crippen molar-refractivity contribution < 1.29 is 19.8 Å². The number of carboxylic acid groups (broad SMARTS) is 2. The van der Waals surface area contributed by atoms with Crippen LogP contribution in [0.4, 0.5) is 5.69 Å². The third-order valence-corrected chi connectivity index (χ3v) is 3.75. The molecule has 0 spiro atoms. The van der Waals surface area contributed by atoms with Crippen LogP contribution >= 0.6 is 0 Å². The molecule has 0 saturated carbocycles. The molecule has 0 fully saturated rings. The van der Waals surface area contributed by atoms with Crippen LogP contribution in [-0.2, 0) is 11.2 Å². The molecule has 0 aliphatic carbocycles. The molecule has 0 radical (unpaired) electrons. The van der Waals surface area contributed by atoms with Crippen molar-refractivity contribution in [3.63, 3.8) is 0 Å². The molecule has 0 aliphatic heterocycles. The van der Waals surface area contributed by atoms with Gasteiger partial charge in [-0.2, -0.15) is 0 Å². The van der Waals surface area contributed by atoms with Gasteiger partial charge in [-0.1, -0.05) is 24.3 Å². The molecule has 2 rings (SSSR count).